The van der Waals surface area contributed by atoms with E-state index in [0.29, 0.717) is 22.8 Å². The smallest absolute Gasteiger partial charge is 0.490 e. The van der Waals surface area contributed by atoms with Gasteiger partial charge >= 0.3 is 18.1 Å². The monoisotopic (exact) mass is 546 g/mol. The zero-order chi connectivity index (χ0) is 27.6. The Kier molecular flexibility index (Phi) is 10.9. The number of hydrogen-bond donors (Lipinski definition) is 4. The molecule has 3 rings (SSSR count). The first-order valence-corrected chi connectivity index (χ1v) is 11.8. The van der Waals surface area contributed by atoms with Gasteiger partial charge < -0.3 is 30.3 Å². The van der Waals surface area contributed by atoms with E-state index in [1.54, 1.807) is 0 Å². The Balaban J connectivity index is 0.000000604. The molecular formula is C23H25F3N2O8S. The molecule has 1 aliphatic heterocycles. The van der Waals surface area contributed by atoms with Crippen molar-refractivity contribution in [2.24, 2.45) is 0 Å². The van der Waals surface area contributed by atoms with Gasteiger partial charge in [-0.15, -0.1) is 11.3 Å². The highest BCUT2D eigenvalue weighted by molar-refractivity contribution is 7.14. The Morgan fingerprint density at radius 2 is 1.81 bits per heavy atom. The summed E-state index contributed by atoms with van der Waals surface area (Å²) in [5, 5.41) is 21.9. The highest BCUT2D eigenvalue weighted by Gasteiger charge is 2.38. The highest BCUT2D eigenvalue weighted by Crippen LogP contribution is 2.29. The Labute approximate surface area is 213 Å². The molecule has 0 aliphatic carbocycles. The van der Waals surface area contributed by atoms with Crippen LogP contribution in [0, 0.1) is 0 Å². The van der Waals surface area contributed by atoms with Gasteiger partial charge in [0.15, 0.2) is 23.9 Å². The van der Waals surface area contributed by atoms with Gasteiger partial charge in [0.1, 0.15) is 0 Å². The molecule has 0 radical (unpaired) electrons. The summed E-state index contributed by atoms with van der Waals surface area (Å²) in [7, 11) is 0. The lowest BCUT2D eigenvalue weighted by molar-refractivity contribution is -0.192. The molecule has 0 spiro atoms. The zero-order valence-electron chi connectivity index (χ0n) is 19.6. The Morgan fingerprint density at radius 1 is 1.11 bits per heavy atom. The number of thiophene rings is 1. The number of carbonyl (C=O) groups is 4. The fourth-order valence-corrected chi connectivity index (χ4v) is 4.08. The minimum absolute atomic E-state index is 0.151. The number of Topliss-reactive ketones (excluding diaryl/α,β-unsaturated/α-hetero) is 1. The summed E-state index contributed by atoms with van der Waals surface area (Å²) in [4.78, 5) is 46.4. The van der Waals surface area contributed by atoms with E-state index in [-0.39, 0.29) is 24.0 Å². The van der Waals surface area contributed by atoms with Gasteiger partial charge in [-0.25, -0.2) is 9.59 Å². The van der Waals surface area contributed by atoms with Gasteiger partial charge in [0, 0.05) is 23.5 Å². The lowest BCUT2D eigenvalue weighted by atomic mass is 10.1. The van der Waals surface area contributed by atoms with Crippen LogP contribution >= 0.6 is 11.3 Å². The summed E-state index contributed by atoms with van der Waals surface area (Å²) in [6.45, 7) is 3.33. The number of nitrogens with one attached hydrogen (secondary N) is 2. The van der Waals surface area contributed by atoms with Crippen molar-refractivity contribution < 1.29 is 52.0 Å². The fraction of sp³-hybridized carbons (Fsp3) is 0.391. The molecule has 0 fully saturated rings. The number of carboxylic acids is 2. The normalized spacial score (nSPS) is 12.4. The van der Waals surface area contributed by atoms with Gasteiger partial charge in [-0.05, 0) is 42.7 Å². The molecule has 2 aromatic rings. The molecule has 0 unspecified atom stereocenters. The van der Waals surface area contributed by atoms with Crippen molar-refractivity contribution in [2.75, 3.05) is 26.3 Å². The maximum atomic E-state index is 12.6. The summed E-state index contributed by atoms with van der Waals surface area (Å²) in [6, 6.07) is 6.41. The van der Waals surface area contributed by atoms with Crippen molar-refractivity contribution in [1.29, 1.82) is 0 Å². The van der Waals surface area contributed by atoms with Gasteiger partial charge in [-0.2, -0.15) is 13.2 Å². The number of hydrogen-bond acceptors (Lipinski definition) is 8. The first-order valence-electron chi connectivity index (χ1n) is 11.0. The van der Waals surface area contributed by atoms with Crippen LogP contribution in [0.5, 0.6) is 11.5 Å². The second kappa shape index (κ2) is 13.6. The largest absolute Gasteiger partial charge is 0.490 e. The van der Waals surface area contributed by atoms with Gasteiger partial charge in [-0.3, -0.25) is 9.59 Å². The van der Waals surface area contributed by atoms with Gasteiger partial charge in [0.2, 0.25) is 0 Å². The van der Waals surface area contributed by atoms with Crippen LogP contribution in [-0.4, -0.2) is 66.3 Å². The van der Waals surface area contributed by atoms with Crippen molar-refractivity contribution in [2.45, 2.75) is 32.5 Å². The van der Waals surface area contributed by atoms with Gasteiger partial charge in [0.05, 0.1) is 18.0 Å². The first-order chi connectivity index (χ1) is 17.4. The predicted octanol–water partition coefficient (Wildman–Crippen LogP) is 2.89. The van der Waals surface area contributed by atoms with E-state index in [9.17, 15) is 27.6 Å². The van der Waals surface area contributed by atoms with E-state index in [1.807, 2.05) is 13.0 Å². The first kappa shape index (κ1) is 29.6. The molecule has 2 heterocycles. The number of halogens is 3. The average Bonchev–Trinajstić information content (AvgIpc) is 3.29. The molecule has 14 heteroatoms. The van der Waals surface area contributed by atoms with Crippen LogP contribution in [0.2, 0.25) is 0 Å². The number of fused-ring (bicyclic) bond motifs is 1. The van der Waals surface area contributed by atoms with E-state index < -0.39 is 24.7 Å². The van der Waals surface area contributed by atoms with Crippen molar-refractivity contribution in [1.82, 2.24) is 10.6 Å². The molecule has 1 amide bonds. The summed E-state index contributed by atoms with van der Waals surface area (Å²) in [6.07, 6.45) is -3.43. The van der Waals surface area contributed by atoms with Crippen molar-refractivity contribution in [3.63, 3.8) is 0 Å². The minimum Gasteiger partial charge on any atom is -0.490 e. The van der Waals surface area contributed by atoms with Crippen LogP contribution in [0.3, 0.4) is 0 Å². The fourth-order valence-electron chi connectivity index (χ4n) is 2.98. The Hall–Kier alpha value is -3.65. The number of carboxylic acid groups (broad SMARTS) is 2. The molecular weight excluding hydrogens is 521 g/mol. The van der Waals surface area contributed by atoms with E-state index in [2.05, 4.69) is 10.6 Å². The number of benzene rings is 1. The molecule has 1 aliphatic rings. The van der Waals surface area contributed by atoms with Crippen LogP contribution < -0.4 is 20.1 Å². The van der Waals surface area contributed by atoms with Crippen LogP contribution in [0.15, 0.2) is 24.3 Å². The van der Waals surface area contributed by atoms with Gasteiger partial charge in [0.25, 0.3) is 5.91 Å². The van der Waals surface area contributed by atoms with Crippen LogP contribution in [0.4, 0.5) is 13.2 Å². The molecule has 37 heavy (non-hydrogen) atoms. The Bertz CT molecular complexity index is 1110. The molecule has 1 aromatic carbocycles. The molecule has 0 atom stereocenters. The van der Waals surface area contributed by atoms with E-state index >= 15 is 0 Å². The molecule has 0 saturated heterocycles. The molecule has 0 saturated carbocycles. The molecule has 1 aromatic heterocycles. The third-order valence-electron chi connectivity index (χ3n) is 4.70. The van der Waals surface area contributed by atoms with E-state index in [0.717, 1.165) is 31.5 Å². The number of rotatable bonds is 10. The number of aliphatic carboxylic acids is 2. The third-order valence-corrected chi connectivity index (χ3v) is 5.93. The van der Waals surface area contributed by atoms with Gasteiger partial charge in [-0.1, -0.05) is 6.92 Å². The Morgan fingerprint density at radius 3 is 2.41 bits per heavy atom. The summed E-state index contributed by atoms with van der Waals surface area (Å²) >= 11 is 1.46. The maximum absolute atomic E-state index is 12.6. The summed E-state index contributed by atoms with van der Waals surface area (Å²) in [5.41, 5.74) is 1.48. The number of amides is 1. The van der Waals surface area contributed by atoms with Crippen molar-refractivity contribution in [3.05, 3.63) is 45.1 Å². The summed E-state index contributed by atoms with van der Waals surface area (Å²) in [5.74, 6) is -3.86. The second-order valence-corrected chi connectivity index (χ2v) is 8.72. The number of carbonyl (C=O) groups excluding carboxylic acids is 2. The van der Waals surface area contributed by atoms with Crippen LogP contribution in [0.25, 0.3) is 0 Å². The van der Waals surface area contributed by atoms with Crippen molar-refractivity contribution >= 4 is 35.0 Å². The SMILES string of the molecule is CCCOc1cc(C(=O)CNC(=O)c2cc3c(s2)CCNC3)ccc1OCC(=O)O.O=C(O)C(F)(F)F. The van der Waals surface area contributed by atoms with E-state index in [4.69, 9.17) is 24.5 Å². The molecule has 202 valence electrons. The van der Waals surface area contributed by atoms with Crippen molar-refractivity contribution in [3.8, 4) is 11.5 Å². The quantitative estimate of drug-likeness (QED) is 0.330. The minimum atomic E-state index is -5.08. The second-order valence-electron chi connectivity index (χ2n) is 7.59. The third kappa shape index (κ3) is 9.38. The molecule has 0 bridgehead atoms. The zero-order valence-corrected chi connectivity index (χ0v) is 20.5. The molecule has 10 nitrogen and oxygen atoms in total. The topological polar surface area (TPSA) is 151 Å². The maximum Gasteiger partial charge on any atom is 0.490 e. The average molecular weight is 547 g/mol. The van der Waals surface area contributed by atoms with Crippen LogP contribution in [-0.2, 0) is 22.6 Å². The standard InChI is InChI=1S/C21H24N2O6S.C2HF3O2/c1-2-7-28-17-8-13(3-4-16(17)29-12-20(25)26)15(24)11-23-21(27)19-9-14-10-22-6-5-18(14)30-19;3-2(4,5)1(6)7/h3-4,8-9,22H,2,5-7,10-12H2,1H3,(H,23,27)(H,25,26);(H,6,7). The van der Waals surface area contributed by atoms with E-state index in [1.165, 1.54) is 34.4 Å². The predicted molar refractivity (Wildman–Crippen MR) is 125 cm³/mol. The number of ketones is 1. The highest BCUT2D eigenvalue weighted by atomic mass is 32.1. The van der Waals surface area contributed by atoms with Crippen LogP contribution in [0.1, 0.15) is 43.8 Å². The molecule has 4 N–H and O–H groups in total. The lowest BCUT2D eigenvalue weighted by Gasteiger charge is -2.13. The number of alkyl halides is 3. The number of ether oxygens (including phenoxy) is 2. The summed E-state index contributed by atoms with van der Waals surface area (Å²) < 4.78 is 42.5. The lowest BCUT2D eigenvalue weighted by Crippen LogP contribution is -2.29.